The van der Waals surface area contributed by atoms with Crippen molar-refractivity contribution in [3.8, 4) is 5.75 Å². The fourth-order valence-corrected chi connectivity index (χ4v) is 4.01. The van der Waals surface area contributed by atoms with E-state index in [0.717, 1.165) is 18.3 Å². The standard InChI is InChI=1S/C19H17F7N4O5S/c1-34-18(19(24,25)26)7-12(16(31)29-9-4-5-28-13(6-9)36(27,32)33)30(8-18)11-3-2-10(20)14(21)15(11)35-17(22)23/h2-6,12,17H,7-8H2,1H3,(H2,27,32,33)(H,28,29,31)/i1D3. The van der Waals surface area contributed by atoms with Gasteiger partial charge in [-0.25, -0.2) is 22.9 Å². The molecule has 1 aliphatic heterocycles. The molecule has 1 fully saturated rings. The van der Waals surface area contributed by atoms with Crippen molar-refractivity contribution in [3.05, 3.63) is 42.1 Å². The molecule has 17 heteroatoms. The van der Waals surface area contributed by atoms with Crippen molar-refractivity contribution in [2.24, 2.45) is 5.14 Å². The van der Waals surface area contributed by atoms with Crippen molar-refractivity contribution in [3.63, 3.8) is 0 Å². The van der Waals surface area contributed by atoms with Crippen LogP contribution in [-0.4, -0.2) is 57.3 Å². The van der Waals surface area contributed by atoms with E-state index in [2.05, 4.69) is 19.8 Å². The average Bonchev–Trinajstić information content (AvgIpc) is 3.15. The molecule has 1 amide bonds. The van der Waals surface area contributed by atoms with Gasteiger partial charge in [0.25, 0.3) is 10.0 Å². The first-order valence-corrected chi connectivity index (χ1v) is 11.0. The first kappa shape index (κ1) is 23.2. The van der Waals surface area contributed by atoms with E-state index in [1.807, 2.05) is 0 Å². The van der Waals surface area contributed by atoms with Crippen LogP contribution in [0.5, 0.6) is 5.75 Å². The topological polar surface area (TPSA) is 124 Å². The SMILES string of the molecule is [2H]C([2H])([2H])OC1(C(F)(F)F)CC(C(=O)Nc2ccnc(S(N)(=O)=O)c2)N(c2ccc(F)c(F)c2OC(F)F)C1. The van der Waals surface area contributed by atoms with Crippen molar-refractivity contribution in [2.75, 3.05) is 23.8 Å². The van der Waals surface area contributed by atoms with Crippen molar-refractivity contribution in [2.45, 2.75) is 35.9 Å². The number of methoxy groups -OCH3 is 1. The third-order valence-corrected chi connectivity index (χ3v) is 5.99. The first-order chi connectivity index (χ1) is 17.7. The molecule has 0 radical (unpaired) electrons. The van der Waals surface area contributed by atoms with Gasteiger partial charge < -0.3 is 19.7 Å². The van der Waals surface area contributed by atoms with Crippen LogP contribution in [-0.2, 0) is 19.6 Å². The van der Waals surface area contributed by atoms with E-state index in [4.69, 9.17) is 9.25 Å². The number of sulfonamides is 1. The van der Waals surface area contributed by atoms with E-state index < -0.39 is 88.5 Å². The number of amides is 1. The highest BCUT2D eigenvalue weighted by molar-refractivity contribution is 7.89. The molecule has 0 bridgehead atoms. The predicted octanol–water partition coefficient (Wildman–Crippen LogP) is 2.77. The van der Waals surface area contributed by atoms with Gasteiger partial charge in [-0.3, -0.25) is 4.79 Å². The van der Waals surface area contributed by atoms with Gasteiger partial charge in [-0.15, -0.1) is 0 Å². The number of nitrogens with one attached hydrogen (secondary N) is 1. The number of carbonyl (C=O) groups is 1. The summed E-state index contributed by atoms with van der Waals surface area (Å²) in [5, 5.41) is 6.28. The van der Waals surface area contributed by atoms with E-state index in [-0.39, 0.29) is 5.69 Å². The van der Waals surface area contributed by atoms with Crippen LogP contribution in [0.15, 0.2) is 35.5 Å². The van der Waals surface area contributed by atoms with E-state index in [1.165, 1.54) is 0 Å². The Hall–Kier alpha value is -3.18. The summed E-state index contributed by atoms with van der Waals surface area (Å²) in [6.07, 6.45) is -6.08. The molecule has 9 nitrogen and oxygen atoms in total. The van der Waals surface area contributed by atoms with Crippen LogP contribution in [0.2, 0.25) is 0 Å². The number of primary sulfonamides is 1. The van der Waals surface area contributed by atoms with E-state index >= 15 is 0 Å². The lowest BCUT2D eigenvalue weighted by Crippen LogP contribution is -2.49. The number of halogens is 7. The summed E-state index contributed by atoms with van der Waals surface area (Å²) in [5.41, 5.74) is -4.96. The molecule has 3 rings (SSSR count). The predicted molar refractivity (Wildman–Crippen MR) is 109 cm³/mol. The molecular weight excluding hydrogens is 529 g/mol. The van der Waals surface area contributed by atoms with E-state index in [1.54, 1.807) is 0 Å². The number of aromatic nitrogens is 1. The monoisotopic (exact) mass is 549 g/mol. The zero-order valence-electron chi connectivity index (χ0n) is 20.5. The fraction of sp³-hybridized carbons (Fsp3) is 0.368. The first-order valence-electron chi connectivity index (χ1n) is 11.0. The van der Waals surface area contributed by atoms with E-state index in [0.29, 0.717) is 17.0 Å². The van der Waals surface area contributed by atoms with Gasteiger partial charge in [-0.1, -0.05) is 0 Å². The van der Waals surface area contributed by atoms with Gasteiger partial charge in [0.05, 0.1) is 16.3 Å². The minimum absolute atomic E-state index is 0.352. The maximum atomic E-state index is 14.4. The fourth-order valence-electron chi connectivity index (χ4n) is 3.51. The molecule has 2 atom stereocenters. The molecule has 3 N–H and O–H groups in total. The molecule has 1 aliphatic rings. The Balaban J connectivity index is 2.15. The number of anilines is 2. The van der Waals surface area contributed by atoms with Gasteiger partial charge in [0.15, 0.2) is 22.2 Å². The smallest absolute Gasteiger partial charge is 0.419 e. The summed E-state index contributed by atoms with van der Waals surface area (Å²) in [6, 6.07) is 0.530. The molecule has 0 spiro atoms. The maximum absolute atomic E-state index is 14.4. The largest absolute Gasteiger partial charge is 0.429 e. The van der Waals surface area contributed by atoms with Gasteiger partial charge >= 0.3 is 12.8 Å². The Morgan fingerprint density at radius 1 is 1.33 bits per heavy atom. The van der Waals surface area contributed by atoms with Crippen LogP contribution < -0.4 is 20.1 Å². The van der Waals surface area contributed by atoms with Crippen molar-refractivity contribution < 1.29 is 57.5 Å². The van der Waals surface area contributed by atoms with E-state index in [9.17, 15) is 43.9 Å². The molecule has 198 valence electrons. The summed E-state index contributed by atoms with van der Waals surface area (Å²) < 4.78 is 150. The van der Waals surface area contributed by atoms with Gasteiger partial charge in [-0.05, 0) is 18.2 Å². The molecular formula is C19H17F7N4O5S. The van der Waals surface area contributed by atoms with Crippen LogP contribution >= 0.6 is 0 Å². The lowest BCUT2D eigenvalue weighted by Gasteiger charge is -2.31. The summed E-state index contributed by atoms with van der Waals surface area (Å²) in [6.45, 7) is -5.34. The highest BCUT2D eigenvalue weighted by atomic mass is 32.2. The van der Waals surface area contributed by atoms with Crippen molar-refractivity contribution in [1.29, 1.82) is 0 Å². The number of rotatable bonds is 7. The summed E-state index contributed by atoms with van der Waals surface area (Å²) in [7, 11) is -8.07. The lowest BCUT2D eigenvalue weighted by atomic mass is 9.99. The minimum atomic E-state index is -5.49. The van der Waals surface area contributed by atoms with Crippen LogP contribution in [0.3, 0.4) is 0 Å². The Morgan fingerprint density at radius 3 is 2.61 bits per heavy atom. The number of nitrogens with zero attached hydrogens (tertiary/aromatic N) is 2. The van der Waals surface area contributed by atoms with Gasteiger partial charge in [0, 0.05) is 31.4 Å². The molecule has 36 heavy (non-hydrogen) atoms. The third-order valence-electron chi connectivity index (χ3n) is 5.18. The van der Waals surface area contributed by atoms with Crippen molar-refractivity contribution >= 4 is 27.3 Å². The second-order valence-electron chi connectivity index (χ2n) is 7.45. The normalized spacial score (nSPS) is 22.2. The molecule has 0 aliphatic carbocycles. The quantitative estimate of drug-likeness (QED) is 0.509. The summed E-state index contributed by atoms with van der Waals surface area (Å²) >= 11 is 0. The van der Waals surface area contributed by atoms with Crippen LogP contribution in [0, 0.1) is 11.6 Å². The summed E-state index contributed by atoms with van der Waals surface area (Å²) in [4.78, 5) is 17.0. The molecule has 1 saturated heterocycles. The Kier molecular flexibility index (Phi) is 6.26. The maximum Gasteiger partial charge on any atom is 0.419 e. The third kappa shape index (κ3) is 5.31. The number of alkyl halides is 5. The lowest BCUT2D eigenvalue weighted by molar-refractivity contribution is -0.261. The number of hydrogen-bond acceptors (Lipinski definition) is 7. The Labute approximate surface area is 203 Å². The van der Waals surface area contributed by atoms with Crippen LogP contribution in [0.25, 0.3) is 0 Å². The highest BCUT2D eigenvalue weighted by Crippen LogP contribution is 2.47. The molecule has 1 aromatic carbocycles. The second kappa shape index (κ2) is 9.70. The molecule has 2 aromatic rings. The number of carbonyl (C=O) groups excluding carboxylic acids is 1. The number of nitrogens with two attached hydrogens (primary N) is 1. The summed E-state index contributed by atoms with van der Waals surface area (Å²) in [5.74, 6) is -6.69. The Bertz CT molecular complexity index is 1360. The zero-order valence-corrected chi connectivity index (χ0v) is 18.3. The molecule has 2 heterocycles. The van der Waals surface area contributed by atoms with Crippen LogP contribution in [0.4, 0.5) is 42.1 Å². The second-order valence-corrected chi connectivity index (χ2v) is 8.96. The molecule has 1 aromatic heterocycles. The van der Waals surface area contributed by atoms with Crippen molar-refractivity contribution in [1.82, 2.24) is 4.98 Å². The highest BCUT2D eigenvalue weighted by Gasteiger charge is 2.63. The van der Waals surface area contributed by atoms with Gasteiger partial charge in [0.1, 0.15) is 6.04 Å². The Morgan fingerprint density at radius 2 is 2.03 bits per heavy atom. The number of hydrogen-bond donors (Lipinski definition) is 2. The minimum Gasteiger partial charge on any atom is -0.429 e. The zero-order chi connectivity index (χ0) is 29.6. The van der Waals surface area contributed by atoms with Crippen LogP contribution in [0.1, 0.15) is 10.5 Å². The van der Waals surface area contributed by atoms with Gasteiger partial charge in [-0.2, -0.15) is 26.3 Å². The number of pyridine rings is 1. The average molecular weight is 549 g/mol. The molecule has 0 saturated carbocycles. The van der Waals surface area contributed by atoms with Gasteiger partial charge in [0.2, 0.25) is 11.7 Å². The number of ether oxygens (including phenoxy) is 2. The molecule has 2 unspecified atom stereocenters. The number of benzene rings is 1.